The third-order valence-electron chi connectivity index (χ3n) is 4.50. The summed E-state index contributed by atoms with van der Waals surface area (Å²) in [6.07, 6.45) is 4.32. The molecular weight excluding hydrogens is 410 g/mol. The topological polar surface area (TPSA) is 94.6 Å². The lowest BCUT2D eigenvalue weighted by molar-refractivity contribution is -0.684. The van der Waals surface area contributed by atoms with Gasteiger partial charge in [-0.2, -0.15) is 4.57 Å². The van der Waals surface area contributed by atoms with Gasteiger partial charge >= 0.3 is 0 Å². The summed E-state index contributed by atoms with van der Waals surface area (Å²) in [4.78, 5) is 22.6. The summed E-state index contributed by atoms with van der Waals surface area (Å²) in [5, 5.41) is 13.6. The van der Waals surface area contributed by atoms with Gasteiger partial charge in [0.25, 0.3) is 11.6 Å². The van der Waals surface area contributed by atoms with Gasteiger partial charge in [0, 0.05) is 36.0 Å². The quantitative estimate of drug-likeness (QED) is 0.335. The Labute approximate surface area is 178 Å². The molecule has 0 saturated heterocycles. The normalized spacial score (nSPS) is 11.5. The highest BCUT2D eigenvalue weighted by Crippen LogP contribution is 2.34. The van der Waals surface area contributed by atoms with Crippen LogP contribution >= 0.6 is 0 Å². The molecule has 3 aromatic rings. The number of hydrogen-bond acceptors (Lipinski definition) is 5. The van der Waals surface area contributed by atoms with Crippen LogP contribution in [0, 0.1) is 10.1 Å². The van der Waals surface area contributed by atoms with Crippen LogP contribution in [0.4, 0.5) is 11.4 Å². The molecule has 0 aliphatic carbocycles. The second-order valence-electron chi connectivity index (χ2n) is 6.60. The average Bonchev–Trinajstić information content (AvgIpc) is 3.18. The van der Waals surface area contributed by atoms with Gasteiger partial charge in [-0.15, -0.1) is 0 Å². The van der Waals surface area contributed by atoms with Crippen LogP contribution in [0.1, 0.15) is 11.1 Å². The highest BCUT2D eigenvalue weighted by molar-refractivity contribution is 5.90. The van der Waals surface area contributed by atoms with Crippen LogP contribution in [0.3, 0.4) is 0 Å². The zero-order valence-electron chi connectivity index (χ0n) is 15.8. The number of aromatic nitrogens is 1. The molecule has 0 unspecified atom stereocenters. The molecule has 4 rings (SSSR count). The fraction of sp³-hybridized carbons (Fsp3) is 0.143. The van der Waals surface area contributed by atoms with Crippen LogP contribution in [0.2, 0.25) is 0 Å². The minimum absolute atomic E-state index is 0. The number of pyridine rings is 1. The Hall–Kier alpha value is -3.65. The zero-order chi connectivity index (χ0) is 20.2. The van der Waals surface area contributed by atoms with Gasteiger partial charge in [-0.05, 0) is 29.7 Å². The summed E-state index contributed by atoms with van der Waals surface area (Å²) >= 11 is 0. The molecule has 1 aliphatic rings. The van der Waals surface area contributed by atoms with Crippen molar-refractivity contribution < 1.29 is 36.2 Å². The Morgan fingerprint density at radius 3 is 2.37 bits per heavy atom. The number of benzene rings is 2. The van der Waals surface area contributed by atoms with E-state index in [1.807, 2.05) is 24.5 Å². The number of ether oxygens (including phenoxy) is 2. The number of nitro groups is 1. The molecule has 1 amide bonds. The first-order valence-electron chi connectivity index (χ1n) is 8.98. The Balaban J connectivity index is 0.00000256. The SMILES string of the molecule is O=C(C[n+]1ccc(Cc2ccc([N+](=O)[O-])cc2)cc1)Nc1ccc2c(c1)OCO2.[Cl-]. The van der Waals surface area contributed by atoms with Crippen molar-refractivity contribution in [3.63, 3.8) is 0 Å². The van der Waals surface area contributed by atoms with Crippen molar-refractivity contribution in [1.29, 1.82) is 0 Å². The van der Waals surface area contributed by atoms with Crippen LogP contribution in [0.25, 0.3) is 0 Å². The number of carbonyl (C=O) groups is 1. The molecule has 2 heterocycles. The largest absolute Gasteiger partial charge is 1.00 e. The van der Waals surface area contributed by atoms with Crippen molar-refractivity contribution in [2.75, 3.05) is 12.1 Å². The van der Waals surface area contributed by atoms with Crippen molar-refractivity contribution >= 4 is 17.3 Å². The number of non-ortho nitro benzene ring substituents is 1. The van der Waals surface area contributed by atoms with Gasteiger partial charge < -0.3 is 27.2 Å². The lowest BCUT2D eigenvalue weighted by atomic mass is 10.1. The van der Waals surface area contributed by atoms with E-state index in [0.29, 0.717) is 23.6 Å². The van der Waals surface area contributed by atoms with E-state index in [2.05, 4.69) is 5.32 Å². The van der Waals surface area contributed by atoms with Crippen molar-refractivity contribution in [2.24, 2.45) is 0 Å². The Bertz CT molecular complexity index is 1060. The van der Waals surface area contributed by atoms with Gasteiger partial charge in [0.1, 0.15) is 0 Å². The molecule has 0 saturated carbocycles. The van der Waals surface area contributed by atoms with Gasteiger partial charge in [0.15, 0.2) is 23.9 Å². The summed E-state index contributed by atoms with van der Waals surface area (Å²) in [5.41, 5.74) is 2.75. The number of nitro benzene ring substituents is 1. The third-order valence-corrected chi connectivity index (χ3v) is 4.50. The average molecular weight is 428 g/mol. The first-order valence-corrected chi connectivity index (χ1v) is 8.98. The second-order valence-corrected chi connectivity index (χ2v) is 6.60. The molecule has 0 bridgehead atoms. The fourth-order valence-corrected chi connectivity index (χ4v) is 3.02. The Morgan fingerprint density at radius 2 is 1.67 bits per heavy atom. The van der Waals surface area contributed by atoms with Crippen molar-refractivity contribution in [2.45, 2.75) is 13.0 Å². The van der Waals surface area contributed by atoms with E-state index in [1.165, 1.54) is 12.1 Å². The van der Waals surface area contributed by atoms with Gasteiger partial charge in [0.2, 0.25) is 13.3 Å². The maximum atomic E-state index is 12.3. The molecule has 0 atom stereocenters. The molecule has 30 heavy (non-hydrogen) atoms. The van der Waals surface area contributed by atoms with Crippen molar-refractivity contribution in [3.8, 4) is 11.5 Å². The smallest absolute Gasteiger partial charge is 0.290 e. The van der Waals surface area contributed by atoms with Gasteiger partial charge in [-0.25, -0.2) is 0 Å². The first kappa shape index (κ1) is 21.1. The fourth-order valence-electron chi connectivity index (χ4n) is 3.02. The number of anilines is 1. The number of halogens is 1. The molecule has 154 valence electrons. The number of rotatable bonds is 6. The van der Waals surface area contributed by atoms with Crippen LogP contribution < -0.4 is 31.8 Å². The van der Waals surface area contributed by atoms with Crippen LogP contribution in [0.5, 0.6) is 11.5 Å². The highest BCUT2D eigenvalue weighted by Gasteiger charge is 2.15. The first-order chi connectivity index (χ1) is 14.1. The van der Waals surface area contributed by atoms with E-state index in [9.17, 15) is 14.9 Å². The molecule has 0 spiro atoms. The number of nitrogens with zero attached hydrogens (tertiary/aromatic N) is 2. The molecule has 1 N–H and O–H groups in total. The maximum absolute atomic E-state index is 12.3. The summed E-state index contributed by atoms with van der Waals surface area (Å²) in [6, 6.07) is 15.6. The van der Waals surface area contributed by atoms with E-state index < -0.39 is 4.92 Å². The lowest BCUT2D eigenvalue weighted by Crippen LogP contribution is -3.00. The van der Waals surface area contributed by atoms with E-state index in [1.54, 1.807) is 34.9 Å². The predicted molar refractivity (Wildman–Crippen MR) is 104 cm³/mol. The van der Waals surface area contributed by atoms with Crippen molar-refractivity contribution in [3.05, 3.63) is 88.2 Å². The molecular formula is C21H18ClN3O5. The van der Waals surface area contributed by atoms with Gasteiger partial charge in [0.05, 0.1) is 4.92 Å². The zero-order valence-corrected chi connectivity index (χ0v) is 16.5. The van der Waals surface area contributed by atoms with E-state index in [-0.39, 0.29) is 37.3 Å². The van der Waals surface area contributed by atoms with Crippen LogP contribution in [0.15, 0.2) is 67.0 Å². The molecule has 8 nitrogen and oxygen atoms in total. The number of nitrogens with one attached hydrogen (secondary N) is 1. The third kappa shape index (κ3) is 5.03. The minimum Gasteiger partial charge on any atom is -1.00 e. The summed E-state index contributed by atoms with van der Waals surface area (Å²) in [7, 11) is 0. The molecule has 2 aromatic carbocycles. The molecule has 0 fully saturated rings. The summed E-state index contributed by atoms with van der Waals surface area (Å²) in [6.45, 7) is 0.362. The monoisotopic (exact) mass is 427 g/mol. The van der Waals surface area contributed by atoms with Crippen molar-refractivity contribution in [1.82, 2.24) is 0 Å². The van der Waals surface area contributed by atoms with Gasteiger partial charge in [-0.3, -0.25) is 14.9 Å². The minimum atomic E-state index is -0.413. The number of hydrogen-bond donors (Lipinski definition) is 1. The number of amides is 1. The van der Waals surface area contributed by atoms with E-state index >= 15 is 0 Å². The number of carbonyl (C=O) groups excluding carboxylic acids is 1. The summed E-state index contributed by atoms with van der Waals surface area (Å²) in [5.74, 6) is 1.13. The second kappa shape index (κ2) is 9.23. The van der Waals surface area contributed by atoms with Crippen LogP contribution in [-0.2, 0) is 17.8 Å². The van der Waals surface area contributed by atoms with E-state index in [4.69, 9.17) is 9.47 Å². The Morgan fingerprint density at radius 1 is 1.00 bits per heavy atom. The summed E-state index contributed by atoms with van der Waals surface area (Å²) < 4.78 is 12.3. The molecule has 1 aliphatic heterocycles. The van der Waals surface area contributed by atoms with Crippen LogP contribution in [-0.4, -0.2) is 17.6 Å². The number of fused-ring (bicyclic) bond motifs is 1. The standard InChI is InChI=1S/C21H17N3O5.ClH/c25-21(22-17-3-6-19-20(12-17)29-14-28-19)13-23-9-7-16(8-10-23)11-15-1-4-18(5-2-15)24(26)27;/h1-10,12H,11,13-14H2;1H. The molecule has 1 aromatic heterocycles. The maximum Gasteiger partial charge on any atom is 0.290 e. The Kier molecular flexibility index (Phi) is 6.48. The lowest BCUT2D eigenvalue weighted by Gasteiger charge is -2.05. The van der Waals surface area contributed by atoms with E-state index in [0.717, 1.165) is 11.1 Å². The van der Waals surface area contributed by atoms with Gasteiger partial charge in [-0.1, -0.05) is 12.1 Å². The molecule has 0 radical (unpaired) electrons. The molecule has 9 heteroatoms. The highest BCUT2D eigenvalue weighted by atomic mass is 35.5. The predicted octanol–water partition coefficient (Wildman–Crippen LogP) is -0.155.